The van der Waals surface area contributed by atoms with E-state index < -0.39 is 0 Å². The number of anilines is 1. The Hall–Kier alpha value is -1.16. The van der Waals surface area contributed by atoms with Crippen LogP contribution in [-0.2, 0) is 0 Å². The number of aryl methyl sites for hydroxylation is 1. The van der Waals surface area contributed by atoms with Gasteiger partial charge in [0.2, 0.25) is 5.95 Å². The van der Waals surface area contributed by atoms with Crippen molar-refractivity contribution in [3.05, 3.63) is 18.0 Å². The normalized spacial score (nSPS) is 23.1. The predicted molar refractivity (Wildman–Crippen MR) is 54.3 cm³/mol. The first-order valence-electron chi connectivity index (χ1n) is 5.03. The van der Waals surface area contributed by atoms with Crippen molar-refractivity contribution in [3.8, 4) is 0 Å². The summed E-state index contributed by atoms with van der Waals surface area (Å²) in [6.07, 6.45) is 1.84. The minimum atomic E-state index is 0.549. The lowest BCUT2D eigenvalue weighted by molar-refractivity contribution is 0.119. The topological polar surface area (TPSA) is 41.1 Å². The molecular weight excluding hydrogens is 176 g/mol. The van der Waals surface area contributed by atoms with E-state index in [0.29, 0.717) is 5.41 Å². The third-order valence-electron chi connectivity index (χ3n) is 3.12. The summed E-state index contributed by atoms with van der Waals surface area (Å²) in [7, 11) is 0. The summed E-state index contributed by atoms with van der Waals surface area (Å²) in [5.74, 6) is 0.891. The standard InChI is InChI=1S/C10H14N4/c1-8-2-3-12-9(13-8)14-6-10(7-14)4-11-5-10/h2-3,11H,4-7H2,1H3. The molecule has 2 aliphatic heterocycles. The van der Waals surface area contributed by atoms with Crippen LogP contribution in [0.4, 0.5) is 5.95 Å². The van der Waals surface area contributed by atoms with Gasteiger partial charge in [0.1, 0.15) is 0 Å². The van der Waals surface area contributed by atoms with Crippen molar-refractivity contribution in [1.29, 1.82) is 0 Å². The van der Waals surface area contributed by atoms with E-state index in [0.717, 1.165) is 37.8 Å². The number of aromatic nitrogens is 2. The van der Waals surface area contributed by atoms with Gasteiger partial charge < -0.3 is 10.2 Å². The van der Waals surface area contributed by atoms with E-state index in [-0.39, 0.29) is 0 Å². The summed E-state index contributed by atoms with van der Waals surface area (Å²) in [5, 5.41) is 3.32. The molecule has 0 radical (unpaired) electrons. The van der Waals surface area contributed by atoms with Crippen molar-refractivity contribution < 1.29 is 0 Å². The predicted octanol–water partition coefficient (Wildman–Crippen LogP) is 0.195. The van der Waals surface area contributed by atoms with Crippen LogP contribution < -0.4 is 10.2 Å². The van der Waals surface area contributed by atoms with Crippen molar-refractivity contribution >= 4 is 5.95 Å². The molecule has 0 saturated carbocycles. The quantitative estimate of drug-likeness (QED) is 0.686. The smallest absolute Gasteiger partial charge is 0.225 e. The monoisotopic (exact) mass is 190 g/mol. The number of rotatable bonds is 1. The third kappa shape index (κ3) is 1.10. The van der Waals surface area contributed by atoms with Gasteiger partial charge in [0.05, 0.1) is 0 Å². The van der Waals surface area contributed by atoms with Gasteiger partial charge in [-0.25, -0.2) is 9.97 Å². The Morgan fingerprint density at radius 2 is 2.21 bits per heavy atom. The highest BCUT2D eigenvalue weighted by Crippen LogP contribution is 2.35. The van der Waals surface area contributed by atoms with Crippen LogP contribution in [0, 0.1) is 12.3 Å². The number of nitrogens with zero attached hydrogens (tertiary/aromatic N) is 3. The lowest BCUT2D eigenvalue weighted by atomic mass is 9.75. The van der Waals surface area contributed by atoms with E-state index >= 15 is 0 Å². The van der Waals surface area contributed by atoms with Crippen LogP contribution >= 0.6 is 0 Å². The Morgan fingerprint density at radius 1 is 1.43 bits per heavy atom. The van der Waals surface area contributed by atoms with Gasteiger partial charge in [-0.15, -0.1) is 0 Å². The molecule has 0 aromatic carbocycles. The maximum Gasteiger partial charge on any atom is 0.225 e. The molecule has 1 N–H and O–H groups in total. The van der Waals surface area contributed by atoms with Crippen LogP contribution in [0.2, 0.25) is 0 Å². The molecule has 4 heteroatoms. The van der Waals surface area contributed by atoms with Gasteiger partial charge in [0.15, 0.2) is 0 Å². The fourth-order valence-corrected chi connectivity index (χ4v) is 2.20. The lowest BCUT2D eigenvalue weighted by Crippen LogP contribution is -2.71. The van der Waals surface area contributed by atoms with Crippen LogP contribution in [-0.4, -0.2) is 36.1 Å². The van der Waals surface area contributed by atoms with E-state index in [9.17, 15) is 0 Å². The molecule has 4 nitrogen and oxygen atoms in total. The molecule has 1 aromatic rings. The maximum atomic E-state index is 4.41. The average Bonchev–Trinajstić information content (AvgIpc) is 1.98. The molecule has 0 aliphatic carbocycles. The van der Waals surface area contributed by atoms with E-state index in [2.05, 4.69) is 20.2 Å². The average molecular weight is 190 g/mol. The molecule has 2 saturated heterocycles. The molecule has 1 aromatic heterocycles. The molecule has 0 atom stereocenters. The Morgan fingerprint density at radius 3 is 2.79 bits per heavy atom. The summed E-state index contributed by atoms with van der Waals surface area (Å²) in [6.45, 7) is 6.56. The number of hydrogen-bond acceptors (Lipinski definition) is 4. The fourth-order valence-electron chi connectivity index (χ4n) is 2.20. The zero-order valence-corrected chi connectivity index (χ0v) is 8.32. The molecule has 2 fully saturated rings. The molecule has 3 rings (SSSR count). The molecule has 0 bridgehead atoms. The van der Waals surface area contributed by atoms with Crippen molar-refractivity contribution in [2.75, 3.05) is 31.1 Å². The van der Waals surface area contributed by atoms with Gasteiger partial charge in [0.25, 0.3) is 0 Å². The fraction of sp³-hybridized carbons (Fsp3) is 0.600. The zero-order valence-electron chi connectivity index (χ0n) is 8.32. The van der Waals surface area contributed by atoms with Gasteiger partial charge in [-0.3, -0.25) is 0 Å². The van der Waals surface area contributed by atoms with Crippen molar-refractivity contribution in [2.45, 2.75) is 6.92 Å². The summed E-state index contributed by atoms with van der Waals surface area (Å²) in [6, 6.07) is 1.93. The van der Waals surface area contributed by atoms with Crippen LogP contribution in [0.3, 0.4) is 0 Å². The minimum Gasteiger partial charge on any atom is -0.339 e. The summed E-state index contributed by atoms with van der Waals surface area (Å²) >= 11 is 0. The number of hydrogen-bond donors (Lipinski definition) is 1. The highest BCUT2D eigenvalue weighted by molar-refractivity contribution is 5.38. The molecular formula is C10H14N4. The first-order chi connectivity index (χ1) is 6.77. The molecule has 0 amide bonds. The van der Waals surface area contributed by atoms with Crippen molar-refractivity contribution in [1.82, 2.24) is 15.3 Å². The molecule has 0 unspecified atom stereocenters. The molecule has 74 valence electrons. The second kappa shape index (κ2) is 2.67. The van der Waals surface area contributed by atoms with Gasteiger partial charge in [-0.05, 0) is 13.0 Å². The Labute approximate surface area is 83.4 Å². The highest BCUT2D eigenvalue weighted by atomic mass is 15.3. The maximum absolute atomic E-state index is 4.41. The minimum absolute atomic E-state index is 0.549. The van der Waals surface area contributed by atoms with Crippen molar-refractivity contribution in [2.24, 2.45) is 5.41 Å². The Balaban J connectivity index is 1.73. The highest BCUT2D eigenvalue weighted by Gasteiger charge is 2.48. The number of nitrogens with one attached hydrogen (secondary N) is 1. The van der Waals surface area contributed by atoms with Crippen LogP contribution in [0.1, 0.15) is 5.69 Å². The Bertz CT molecular complexity index is 351. The molecule has 1 spiro atoms. The van der Waals surface area contributed by atoms with E-state index in [4.69, 9.17) is 0 Å². The second-order valence-electron chi connectivity index (χ2n) is 4.46. The van der Waals surface area contributed by atoms with E-state index in [1.807, 2.05) is 19.2 Å². The first-order valence-corrected chi connectivity index (χ1v) is 5.03. The summed E-state index contributed by atoms with van der Waals surface area (Å²) < 4.78 is 0. The van der Waals surface area contributed by atoms with Gasteiger partial charge in [-0.2, -0.15) is 0 Å². The van der Waals surface area contributed by atoms with Crippen LogP contribution in [0.25, 0.3) is 0 Å². The lowest BCUT2D eigenvalue weighted by Gasteiger charge is -2.56. The zero-order chi connectivity index (χ0) is 9.60. The Kier molecular flexibility index (Phi) is 1.56. The summed E-state index contributed by atoms with van der Waals surface area (Å²) in [4.78, 5) is 11.0. The molecule has 3 heterocycles. The van der Waals surface area contributed by atoms with Crippen LogP contribution in [0.15, 0.2) is 12.3 Å². The van der Waals surface area contributed by atoms with Crippen LogP contribution in [0.5, 0.6) is 0 Å². The SMILES string of the molecule is Cc1ccnc(N2CC3(CNC3)C2)n1. The third-order valence-corrected chi connectivity index (χ3v) is 3.12. The van der Waals surface area contributed by atoms with E-state index in [1.54, 1.807) is 0 Å². The van der Waals surface area contributed by atoms with Gasteiger partial charge >= 0.3 is 0 Å². The second-order valence-corrected chi connectivity index (χ2v) is 4.46. The van der Waals surface area contributed by atoms with E-state index in [1.165, 1.54) is 0 Å². The van der Waals surface area contributed by atoms with Crippen molar-refractivity contribution in [3.63, 3.8) is 0 Å². The first kappa shape index (κ1) is 8.17. The summed E-state index contributed by atoms with van der Waals surface area (Å²) in [5.41, 5.74) is 1.59. The molecule has 2 aliphatic rings. The van der Waals surface area contributed by atoms with Gasteiger partial charge in [-0.1, -0.05) is 0 Å². The largest absolute Gasteiger partial charge is 0.339 e. The van der Waals surface area contributed by atoms with Gasteiger partial charge in [0, 0.05) is 43.5 Å². The molecule has 14 heavy (non-hydrogen) atoms.